The normalized spacial score (nSPS) is 13.9. The van der Waals surface area contributed by atoms with E-state index in [1.54, 1.807) is 18.8 Å². The highest BCUT2D eigenvalue weighted by molar-refractivity contribution is 5.94. The fraction of sp³-hybridized carbons (Fsp3) is 0.250. The first-order chi connectivity index (χ1) is 16.1. The minimum absolute atomic E-state index is 0.0205. The van der Waals surface area contributed by atoms with Gasteiger partial charge < -0.3 is 19.1 Å². The van der Waals surface area contributed by atoms with Gasteiger partial charge in [-0.15, -0.1) is 10.2 Å². The lowest BCUT2D eigenvalue weighted by molar-refractivity contribution is 0.0735. The molecule has 1 aliphatic rings. The second kappa shape index (κ2) is 8.78. The molecule has 1 aliphatic heterocycles. The second-order valence-electron chi connectivity index (χ2n) is 7.89. The Morgan fingerprint density at radius 2 is 1.64 bits per heavy atom. The molecule has 0 bridgehead atoms. The third kappa shape index (κ3) is 4.17. The Balaban J connectivity index is 1.25. The summed E-state index contributed by atoms with van der Waals surface area (Å²) in [5, 5.41) is 13.2. The van der Waals surface area contributed by atoms with Gasteiger partial charge in [0, 0.05) is 51.2 Å². The van der Waals surface area contributed by atoms with Crippen molar-refractivity contribution in [3.8, 4) is 22.8 Å². The summed E-state index contributed by atoms with van der Waals surface area (Å²) < 4.78 is 8.87. The van der Waals surface area contributed by atoms with Gasteiger partial charge in [-0.2, -0.15) is 5.10 Å². The van der Waals surface area contributed by atoms with Gasteiger partial charge in [-0.3, -0.25) is 9.48 Å². The van der Waals surface area contributed by atoms with E-state index in [1.807, 2.05) is 76.5 Å². The van der Waals surface area contributed by atoms with Gasteiger partial charge in [-0.1, -0.05) is 12.1 Å². The van der Waals surface area contributed by atoms with Crippen molar-refractivity contribution in [2.75, 3.05) is 38.2 Å². The van der Waals surface area contributed by atoms with E-state index >= 15 is 0 Å². The maximum Gasteiger partial charge on any atom is 0.272 e. The van der Waals surface area contributed by atoms with Crippen LogP contribution >= 0.6 is 0 Å². The quantitative estimate of drug-likeness (QED) is 0.472. The molecule has 168 valence electrons. The van der Waals surface area contributed by atoms with Crippen LogP contribution < -0.4 is 9.64 Å². The van der Waals surface area contributed by atoms with Crippen molar-refractivity contribution in [2.24, 2.45) is 7.05 Å². The van der Waals surface area contributed by atoms with E-state index in [0.29, 0.717) is 31.9 Å². The Bertz CT molecular complexity index is 1240. The largest absolute Gasteiger partial charge is 0.497 e. The Kier molecular flexibility index (Phi) is 5.52. The summed E-state index contributed by atoms with van der Waals surface area (Å²) in [6.45, 7) is 2.62. The van der Waals surface area contributed by atoms with Crippen molar-refractivity contribution in [1.29, 1.82) is 0 Å². The number of anilines is 1. The van der Waals surface area contributed by atoms with Crippen LogP contribution in [0.25, 0.3) is 17.1 Å². The molecule has 0 N–H and O–H groups in total. The summed E-state index contributed by atoms with van der Waals surface area (Å²) in [5.41, 5.74) is 2.23. The number of carbonyl (C=O) groups is 1. The number of aromatic nitrogens is 5. The fourth-order valence-corrected chi connectivity index (χ4v) is 4.00. The van der Waals surface area contributed by atoms with Crippen LogP contribution in [0.3, 0.4) is 0 Å². The van der Waals surface area contributed by atoms with Gasteiger partial charge in [0.15, 0.2) is 11.6 Å². The van der Waals surface area contributed by atoms with Crippen LogP contribution in [0.5, 0.6) is 5.75 Å². The number of aryl methyl sites for hydroxylation is 1. The molecule has 9 nitrogen and oxygen atoms in total. The first-order valence-corrected chi connectivity index (χ1v) is 10.8. The SMILES string of the molecule is COc1cccc(-c2cc(C(=O)N3CCN(c4ccc(-n5cccc5)nn4)CC3)n(C)n2)c1. The van der Waals surface area contributed by atoms with E-state index in [4.69, 9.17) is 4.74 Å². The summed E-state index contributed by atoms with van der Waals surface area (Å²) >= 11 is 0. The predicted octanol–water partition coefficient (Wildman–Crippen LogP) is 2.64. The number of nitrogens with zero attached hydrogens (tertiary/aromatic N) is 7. The number of methoxy groups -OCH3 is 1. The highest BCUT2D eigenvalue weighted by atomic mass is 16.5. The summed E-state index contributed by atoms with van der Waals surface area (Å²) in [6.07, 6.45) is 3.87. The number of ether oxygens (including phenoxy) is 1. The van der Waals surface area contributed by atoms with Crippen molar-refractivity contribution in [3.63, 3.8) is 0 Å². The van der Waals surface area contributed by atoms with E-state index < -0.39 is 0 Å². The van der Waals surface area contributed by atoms with Crippen molar-refractivity contribution in [3.05, 3.63) is 72.7 Å². The molecule has 0 atom stereocenters. The third-order valence-corrected chi connectivity index (χ3v) is 5.86. The van der Waals surface area contributed by atoms with Gasteiger partial charge in [-0.25, -0.2) is 0 Å². The molecule has 0 radical (unpaired) electrons. The summed E-state index contributed by atoms with van der Waals surface area (Å²) in [5.74, 6) is 2.33. The van der Waals surface area contributed by atoms with Gasteiger partial charge >= 0.3 is 0 Å². The number of hydrogen-bond donors (Lipinski definition) is 0. The molecule has 5 rings (SSSR count). The minimum atomic E-state index is -0.0205. The van der Waals surface area contributed by atoms with Crippen LogP contribution in [0.1, 0.15) is 10.5 Å². The van der Waals surface area contributed by atoms with E-state index in [9.17, 15) is 4.79 Å². The van der Waals surface area contributed by atoms with Gasteiger partial charge in [-0.05, 0) is 42.5 Å². The van der Waals surface area contributed by atoms with Crippen LogP contribution in [-0.2, 0) is 7.05 Å². The molecule has 3 aromatic heterocycles. The highest BCUT2D eigenvalue weighted by Crippen LogP contribution is 2.24. The molecule has 9 heteroatoms. The Morgan fingerprint density at radius 1 is 0.909 bits per heavy atom. The van der Waals surface area contributed by atoms with Crippen molar-refractivity contribution in [1.82, 2.24) is 29.4 Å². The number of rotatable bonds is 5. The Labute approximate surface area is 191 Å². The van der Waals surface area contributed by atoms with Gasteiger partial charge in [0.25, 0.3) is 5.91 Å². The van der Waals surface area contributed by atoms with Crippen molar-refractivity contribution >= 4 is 11.7 Å². The van der Waals surface area contributed by atoms with E-state index in [-0.39, 0.29) is 5.91 Å². The topological polar surface area (TPSA) is 81.3 Å². The predicted molar refractivity (Wildman–Crippen MR) is 125 cm³/mol. The second-order valence-corrected chi connectivity index (χ2v) is 7.89. The monoisotopic (exact) mass is 443 g/mol. The van der Waals surface area contributed by atoms with Gasteiger partial charge in [0.1, 0.15) is 11.4 Å². The average molecular weight is 444 g/mol. The molecule has 0 unspecified atom stereocenters. The van der Waals surface area contributed by atoms with Crippen LogP contribution in [0.15, 0.2) is 67.0 Å². The number of amides is 1. The summed E-state index contributed by atoms with van der Waals surface area (Å²) in [4.78, 5) is 17.2. The van der Waals surface area contributed by atoms with Crippen LogP contribution in [0, 0.1) is 0 Å². The number of benzene rings is 1. The molecule has 0 spiro atoms. The van der Waals surface area contributed by atoms with E-state index in [0.717, 1.165) is 28.6 Å². The maximum atomic E-state index is 13.2. The van der Waals surface area contributed by atoms with Crippen LogP contribution in [0.4, 0.5) is 5.82 Å². The molecular formula is C24H25N7O2. The molecule has 1 fully saturated rings. The molecule has 1 saturated heterocycles. The number of hydrogen-bond acceptors (Lipinski definition) is 6. The number of piperazine rings is 1. The number of carbonyl (C=O) groups excluding carboxylic acids is 1. The van der Waals surface area contributed by atoms with Gasteiger partial charge in [0.05, 0.1) is 12.8 Å². The van der Waals surface area contributed by atoms with Crippen LogP contribution in [0.2, 0.25) is 0 Å². The lowest BCUT2D eigenvalue weighted by Crippen LogP contribution is -2.49. The lowest BCUT2D eigenvalue weighted by Gasteiger charge is -2.35. The zero-order chi connectivity index (χ0) is 22.8. The molecular weight excluding hydrogens is 418 g/mol. The molecule has 1 amide bonds. The van der Waals surface area contributed by atoms with E-state index in [2.05, 4.69) is 20.2 Å². The zero-order valence-corrected chi connectivity index (χ0v) is 18.6. The molecule has 4 aromatic rings. The first kappa shape index (κ1) is 20.7. The van der Waals surface area contributed by atoms with Crippen molar-refractivity contribution < 1.29 is 9.53 Å². The molecule has 0 saturated carbocycles. The Morgan fingerprint density at radius 3 is 2.33 bits per heavy atom. The molecule has 4 heterocycles. The van der Waals surface area contributed by atoms with Gasteiger partial charge in [0.2, 0.25) is 0 Å². The highest BCUT2D eigenvalue weighted by Gasteiger charge is 2.25. The fourth-order valence-electron chi connectivity index (χ4n) is 4.00. The smallest absolute Gasteiger partial charge is 0.272 e. The Hall–Kier alpha value is -4.14. The zero-order valence-electron chi connectivity index (χ0n) is 18.6. The minimum Gasteiger partial charge on any atom is -0.497 e. The molecule has 1 aromatic carbocycles. The summed E-state index contributed by atoms with van der Waals surface area (Å²) in [7, 11) is 3.43. The first-order valence-electron chi connectivity index (χ1n) is 10.8. The van der Waals surface area contributed by atoms with Crippen LogP contribution in [-0.4, -0.2) is 68.6 Å². The lowest BCUT2D eigenvalue weighted by atomic mass is 10.1. The standard InChI is InChI=1S/C24H25N7O2/c1-28-21(17-20(27-28)18-6-5-7-19(16-18)33-2)24(32)31-14-12-30(13-15-31)23-9-8-22(25-26-23)29-10-3-4-11-29/h3-11,16-17H,12-15H2,1-2H3. The molecule has 0 aliphatic carbocycles. The molecule has 33 heavy (non-hydrogen) atoms. The summed E-state index contributed by atoms with van der Waals surface area (Å²) in [6, 6.07) is 17.3. The third-order valence-electron chi connectivity index (χ3n) is 5.86. The average Bonchev–Trinajstić information content (AvgIpc) is 3.54. The van der Waals surface area contributed by atoms with Crippen molar-refractivity contribution in [2.45, 2.75) is 0 Å². The van der Waals surface area contributed by atoms with E-state index in [1.165, 1.54) is 0 Å². The maximum absolute atomic E-state index is 13.2.